The number of nitrogens with two attached hydrogens (primary N) is 1. The summed E-state index contributed by atoms with van der Waals surface area (Å²) < 4.78 is 0. The SMILES string of the molecule is CN(C(=O)C1CCCCC1)c1ccc2c(CCC(N)=O)c(NC(=O)c3ccc(-c4cn[nH]c4)s3)[nH]c2c1. The number of thiophene rings is 1. The number of benzene rings is 1. The Morgan fingerprint density at radius 3 is 2.70 bits per heavy atom. The summed E-state index contributed by atoms with van der Waals surface area (Å²) in [6, 6.07) is 9.42. The maximum absolute atomic E-state index is 13.1. The van der Waals surface area contributed by atoms with E-state index in [0.29, 0.717) is 17.1 Å². The summed E-state index contributed by atoms with van der Waals surface area (Å²) >= 11 is 1.37. The van der Waals surface area contributed by atoms with Crippen LogP contribution in [0.5, 0.6) is 0 Å². The number of hydrogen-bond donors (Lipinski definition) is 4. The quantitative estimate of drug-likeness (QED) is 0.265. The molecule has 0 saturated heterocycles. The molecule has 4 aromatic rings. The molecule has 0 radical (unpaired) electrons. The molecule has 192 valence electrons. The van der Waals surface area contributed by atoms with E-state index in [1.54, 1.807) is 23.4 Å². The number of nitrogens with zero attached hydrogens (tertiary/aromatic N) is 2. The van der Waals surface area contributed by atoms with E-state index < -0.39 is 5.91 Å². The maximum atomic E-state index is 13.1. The van der Waals surface area contributed by atoms with Crippen LogP contribution in [0, 0.1) is 5.92 Å². The standard InChI is InChI=1S/C27H30N6O3S/c1-33(27(36)16-5-3-2-4-6-16)18-7-8-19-20(9-12-24(28)34)25(31-21(19)13-18)32-26(35)23-11-10-22(37-23)17-14-29-30-15-17/h7-8,10-11,13-16,31H,2-6,9,12H2,1H3,(H2,28,34)(H,29,30)(H,32,35). The van der Waals surface area contributed by atoms with Gasteiger partial charge < -0.3 is 20.9 Å². The van der Waals surface area contributed by atoms with Crippen LogP contribution in [0.4, 0.5) is 11.5 Å². The number of carbonyl (C=O) groups excluding carboxylic acids is 3. The molecule has 1 aromatic carbocycles. The van der Waals surface area contributed by atoms with Crippen LogP contribution in [-0.4, -0.2) is 40.0 Å². The molecule has 5 N–H and O–H groups in total. The Hall–Kier alpha value is -3.92. The highest BCUT2D eigenvalue weighted by atomic mass is 32.1. The molecular formula is C27H30N6O3S. The van der Waals surface area contributed by atoms with Crippen molar-refractivity contribution in [2.45, 2.75) is 44.9 Å². The van der Waals surface area contributed by atoms with Crippen molar-refractivity contribution in [1.82, 2.24) is 15.2 Å². The zero-order chi connectivity index (χ0) is 25.9. The van der Waals surface area contributed by atoms with Crippen LogP contribution in [0.3, 0.4) is 0 Å². The molecule has 0 unspecified atom stereocenters. The molecule has 1 saturated carbocycles. The Morgan fingerprint density at radius 2 is 1.97 bits per heavy atom. The first-order valence-corrected chi connectivity index (χ1v) is 13.3. The van der Waals surface area contributed by atoms with Crippen molar-refractivity contribution < 1.29 is 14.4 Å². The van der Waals surface area contributed by atoms with Crippen molar-refractivity contribution in [3.63, 3.8) is 0 Å². The third-order valence-electron chi connectivity index (χ3n) is 7.03. The first-order chi connectivity index (χ1) is 17.9. The lowest BCUT2D eigenvalue weighted by atomic mass is 9.88. The predicted octanol–water partition coefficient (Wildman–Crippen LogP) is 4.83. The van der Waals surface area contributed by atoms with Gasteiger partial charge in [-0.15, -0.1) is 11.3 Å². The second-order valence-electron chi connectivity index (χ2n) is 9.51. The highest BCUT2D eigenvalue weighted by Gasteiger charge is 2.25. The van der Waals surface area contributed by atoms with Crippen LogP contribution in [0.2, 0.25) is 0 Å². The number of aromatic nitrogens is 3. The van der Waals surface area contributed by atoms with Crippen molar-refractivity contribution in [3.05, 3.63) is 53.2 Å². The first kappa shape index (κ1) is 24.8. The van der Waals surface area contributed by atoms with E-state index in [1.807, 2.05) is 31.3 Å². The van der Waals surface area contributed by atoms with Crippen molar-refractivity contribution in [1.29, 1.82) is 0 Å². The second kappa shape index (κ2) is 10.6. The highest BCUT2D eigenvalue weighted by Crippen LogP contribution is 2.33. The van der Waals surface area contributed by atoms with Gasteiger partial charge in [0.05, 0.1) is 11.1 Å². The molecule has 9 nitrogen and oxygen atoms in total. The largest absolute Gasteiger partial charge is 0.370 e. The zero-order valence-corrected chi connectivity index (χ0v) is 21.5. The topological polar surface area (TPSA) is 137 Å². The summed E-state index contributed by atoms with van der Waals surface area (Å²) in [5.74, 6) is 0.0643. The van der Waals surface area contributed by atoms with Gasteiger partial charge in [-0.05, 0) is 43.5 Å². The lowest BCUT2D eigenvalue weighted by molar-refractivity contribution is -0.123. The molecule has 0 aliphatic heterocycles. The minimum absolute atomic E-state index is 0.0665. The van der Waals surface area contributed by atoms with Crippen LogP contribution >= 0.6 is 11.3 Å². The van der Waals surface area contributed by atoms with Gasteiger partial charge in [0, 0.05) is 58.2 Å². The number of aromatic amines is 2. The zero-order valence-electron chi connectivity index (χ0n) is 20.7. The highest BCUT2D eigenvalue weighted by molar-refractivity contribution is 7.17. The van der Waals surface area contributed by atoms with E-state index in [-0.39, 0.29) is 24.2 Å². The number of aryl methyl sites for hydroxylation is 1. The van der Waals surface area contributed by atoms with Gasteiger partial charge in [-0.2, -0.15) is 5.10 Å². The van der Waals surface area contributed by atoms with Crippen LogP contribution in [0.1, 0.15) is 53.8 Å². The average molecular weight is 519 g/mol. The number of carbonyl (C=O) groups is 3. The molecule has 0 spiro atoms. The first-order valence-electron chi connectivity index (χ1n) is 12.5. The third-order valence-corrected chi connectivity index (χ3v) is 8.17. The normalized spacial score (nSPS) is 14.1. The smallest absolute Gasteiger partial charge is 0.266 e. The third kappa shape index (κ3) is 5.29. The molecule has 37 heavy (non-hydrogen) atoms. The van der Waals surface area contributed by atoms with E-state index in [9.17, 15) is 14.4 Å². The monoisotopic (exact) mass is 518 g/mol. The molecule has 1 aliphatic carbocycles. The predicted molar refractivity (Wildman–Crippen MR) is 146 cm³/mol. The molecule has 1 aliphatic rings. The molecule has 0 bridgehead atoms. The number of anilines is 2. The number of rotatable bonds is 8. The minimum Gasteiger partial charge on any atom is -0.370 e. The van der Waals surface area contributed by atoms with Gasteiger partial charge in [0.2, 0.25) is 11.8 Å². The number of fused-ring (bicyclic) bond motifs is 1. The molecule has 3 aromatic heterocycles. The lowest BCUT2D eigenvalue weighted by Crippen LogP contribution is -2.33. The molecule has 1 fully saturated rings. The number of primary amides is 1. The Kier molecular flexibility index (Phi) is 7.09. The fourth-order valence-corrected chi connectivity index (χ4v) is 5.88. The van der Waals surface area contributed by atoms with E-state index in [4.69, 9.17) is 5.73 Å². The minimum atomic E-state index is -0.413. The van der Waals surface area contributed by atoms with Crippen molar-refractivity contribution in [2.75, 3.05) is 17.3 Å². The molecule has 3 amide bonds. The molecule has 3 heterocycles. The number of hydrogen-bond acceptors (Lipinski definition) is 5. The summed E-state index contributed by atoms with van der Waals surface area (Å²) in [5.41, 5.74) is 8.71. The van der Waals surface area contributed by atoms with Gasteiger partial charge in [0.1, 0.15) is 5.82 Å². The van der Waals surface area contributed by atoms with Crippen molar-refractivity contribution in [2.24, 2.45) is 11.7 Å². The average Bonchev–Trinajstić information content (AvgIpc) is 3.66. The summed E-state index contributed by atoms with van der Waals surface area (Å²) in [6.07, 6.45) is 9.29. The van der Waals surface area contributed by atoms with Crippen LogP contribution in [-0.2, 0) is 16.0 Å². The van der Waals surface area contributed by atoms with E-state index in [1.165, 1.54) is 17.8 Å². The maximum Gasteiger partial charge on any atom is 0.266 e. The van der Waals surface area contributed by atoms with Gasteiger partial charge in [0.15, 0.2) is 0 Å². The van der Waals surface area contributed by atoms with Crippen LogP contribution in [0.25, 0.3) is 21.3 Å². The lowest BCUT2D eigenvalue weighted by Gasteiger charge is -2.26. The Morgan fingerprint density at radius 1 is 1.16 bits per heavy atom. The Bertz CT molecular complexity index is 1430. The van der Waals surface area contributed by atoms with E-state index >= 15 is 0 Å². The van der Waals surface area contributed by atoms with E-state index in [0.717, 1.165) is 58.3 Å². The summed E-state index contributed by atoms with van der Waals surface area (Å²) in [7, 11) is 1.81. The van der Waals surface area contributed by atoms with Gasteiger partial charge in [-0.1, -0.05) is 25.3 Å². The van der Waals surface area contributed by atoms with Gasteiger partial charge in [-0.25, -0.2) is 0 Å². The van der Waals surface area contributed by atoms with Gasteiger partial charge >= 0.3 is 0 Å². The fourth-order valence-electron chi connectivity index (χ4n) is 4.99. The van der Waals surface area contributed by atoms with Crippen LogP contribution < -0.4 is 16.0 Å². The van der Waals surface area contributed by atoms with Crippen molar-refractivity contribution >= 4 is 51.5 Å². The Balaban J connectivity index is 1.41. The fraction of sp³-hybridized carbons (Fsp3) is 0.333. The number of amides is 3. The molecular weight excluding hydrogens is 488 g/mol. The van der Waals surface area contributed by atoms with Gasteiger partial charge in [-0.3, -0.25) is 19.5 Å². The van der Waals surface area contributed by atoms with Crippen LogP contribution in [0.15, 0.2) is 42.7 Å². The summed E-state index contributed by atoms with van der Waals surface area (Å²) in [4.78, 5) is 44.2. The molecule has 5 rings (SSSR count). The summed E-state index contributed by atoms with van der Waals surface area (Å²) in [5, 5.41) is 10.6. The van der Waals surface area contributed by atoms with Crippen molar-refractivity contribution in [3.8, 4) is 10.4 Å². The molecule has 10 heteroatoms. The van der Waals surface area contributed by atoms with E-state index in [2.05, 4.69) is 20.5 Å². The Labute approximate surface area is 218 Å². The summed E-state index contributed by atoms with van der Waals surface area (Å²) in [6.45, 7) is 0. The number of nitrogens with one attached hydrogen (secondary N) is 3. The van der Waals surface area contributed by atoms with Gasteiger partial charge in [0.25, 0.3) is 5.91 Å². The number of H-pyrrole nitrogens is 2. The second-order valence-corrected chi connectivity index (χ2v) is 10.6. The molecule has 0 atom stereocenters.